The lowest BCUT2D eigenvalue weighted by Crippen LogP contribution is -2.29. The molecule has 0 spiro atoms. The van der Waals surface area contributed by atoms with E-state index in [0.29, 0.717) is 15.9 Å². The highest BCUT2D eigenvalue weighted by Gasteiger charge is 2.42. The van der Waals surface area contributed by atoms with Crippen LogP contribution in [0.2, 0.25) is 5.02 Å². The lowest BCUT2D eigenvalue weighted by Gasteiger charge is -2.26. The predicted octanol–water partition coefficient (Wildman–Crippen LogP) is 6.62. The molecule has 1 saturated heterocycles. The monoisotopic (exact) mass is 463 g/mol. The minimum atomic E-state index is -0.309. The van der Waals surface area contributed by atoms with Crippen LogP contribution in [-0.2, 0) is 0 Å². The first-order chi connectivity index (χ1) is 15.5. The summed E-state index contributed by atoms with van der Waals surface area (Å²) in [6.07, 6.45) is 1.75. The number of pyridine rings is 1. The maximum Gasteiger partial charge on any atom is 0.174 e. The second kappa shape index (κ2) is 8.37. The van der Waals surface area contributed by atoms with Gasteiger partial charge in [-0.3, -0.25) is 4.98 Å². The molecule has 1 N–H and O–H groups in total. The van der Waals surface area contributed by atoms with Crippen LogP contribution in [0.25, 0.3) is 11.3 Å². The van der Waals surface area contributed by atoms with Gasteiger partial charge in [-0.2, -0.15) is 0 Å². The molecular formula is C25H19ClFN3OS. The van der Waals surface area contributed by atoms with E-state index in [4.69, 9.17) is 28.2 Å². The Labute approximate surface area is 195 Å². The first-order valence-electron chi connectivity index (χ1n) is 10.1. The van der Waals surface area contributed by atoms with E-state index in [1.807, 2.05) is 60.4 Å². The first kappa shape index (κ1) is 20.7. The Morgan fingerprint density at radius 2 is 1.84 bits per heavy atom. The van der Waals surface area contributed by atoms with Crippen molar-refractivity contribution in [2.45, 2.75) is 19.0 Å². The zero-order valence-electron chi connectivity index (χ0n) is 17.1. The SMILES string of the molecule is Cc1c(Cl)cccc1-c1ccc([C@H]2[C@H](c3ccccn3)NC(=S)N2c2ccc(F)cc2)o1. The molecule has 160 valence electrons. The second-order valence-electron chi connectivity index (χ2n) is 7.59. The summed E-state index contributed by atoms with van der Waals surface area (Å²) >= 11 is 12.0. The van der Waals surface area contributed by atoms with E-state index in [9.17, 15) is 4.39 Å². The van der Waals surface area contributed by atoms with Gasteiger partial charge in [0.1, 0.15) is 23.4 Å². The van der Waals surface area contributed by atoms with Crippen LogP contribution in [0.15, 0.2) is 83.4 Å². The maximum absolute atomic E-state index is 13.6. The fourth-order valence-corrected chi connectivity index (χ4v) is 4.58. The number of halogens is 2. The highest BCUT2D eigenvalue weighted by Crippen LogP contribution is 2.43. The van der Waals surface area contributed by atoms with Crippen molar-refractivity contribution in [3.8, 4) is 11.3 Å². The quantitative estimate of drug-likeness (QED) is 0.344. The number of hydrogen-bond donors (Lipinski definition) is 1. The third-order valence-electron chi connectivity index (χ3n) is 5.65. The van der Waals surface area contributed by atoms with Gasteiger partial charge in [0.15, 0.2) is 5.11 Å². The van der Waals surface area contributed by atoms with Crippen molar-refractivity contribution in [1.82, 2.24) is 10.3 Å². The highest BCUT2D eigenvalue weighted by atomic mass is 35.5. The Morgan fingerprint density at radius 3 is 2.59 bits per heavy atom. The topological polar surface area (TPSA) is 41.3 Å². The fraction of sp³-hybridized carbons (Fsp3) is 0.120. The van der Waals surface area contributed by atoms with E-state index >= 15 is 0 Å². The van der Waals surface area contributed by atoms with Gasteiger partial charge >= 0.3 is 0 Å². The largest absolute Gasteiger partial charge is 0.459 e. The normalized spacial score (nSPS) is 18.1. The minimum Gasteiger partial charge on any atom is -0.459 e. The van der Waals surface area contributed by atoms with Gasteiger partial charge in [-0.15, -0.1) is 0 Å². The van der Waals surface area contributed by atoms with Crippen molar-refractivity contribution in [2.75, 3.05) is 4.90 Å². The van der Waals surface area contributed by atoms with Crippen LogP contribution in [0, 0.1) is 12.7 Å². The van der Waals surface area contributed by atoms with E-state index in [1.165, 1.54) is 12.1 Å². The molecule has 0 amide bonds. The molecule has 2 aromatic carbocycles. The molecule has 1 aliphatic heterocycles. The lowest BCUT2D eigenvalue weighted by atomic mass is 10.0. The molecule has 32 heavy (non-hydrogen) atoms. The van der Waals surface area contributed by atoms with Crippen LogP contribution in [0.1, 0.15) is 29.1 Å². The highest BCUT2D eigenvalue weighted by molar-refractivity contribution is 7.80. The molecule has 7 heteroatoms. The Morgan fingerprint density at radius 1 is 1.03 bits per heavy atom. The van der Waals surface area contributed by atoms with Crippen LogP contribution < -0.4 is 10.2 Å². The van der Waals surface area contributed by atoms with Crippen molar-refractivity contribution in [3.05, 3.63) is 107 Å². The van der Waals surface area contributed by atoms with Crippen molar-refractivity contribution in [2.24, 2.45) is 0 Å². The van der Waals surface area contributed by atoms with Crippen molar-refractivity contribution in [3.63, 3.8) is 0 Å². The lowest BCUT2D eigenvalue weighted by molar-refractivity contribution is 0.439. The average Bonchev–Trinajstić information content (AvgIpc) is 3.41. The smallest absolute Gasteiger partial charge is 0.174 e. The zero-order valence-corrected chi connectivity index (χ0v) is 18.7. The molecule has 3 heterocycles. The fourth-order valence-electron chi connectivity index (χ4n) is 4.05. The molecule has 4 aromatic rings. The Hall–Kier alpha value is -3.22. The van der Waals surface area contributed by atoms with Crippen LogP contribution in [0.3, 0.4) is 0 Å². The summed E-state index contributed by atoms with van der Waals surface area (Å²) in [6, 6.07) is 21.1. The summed E-state index contributed by atoms with van der Waals surface area (Å²) in [5.41, 5.74) is 3.48. The molecular weight excluding hydrogens is 445 g/mol. The van der Waals surface area contributed by atoms with Gasteiger partial charge < -0.3 is 14.6 Å². The van der Waals surface area contributed by atoms with E-state index < -0.39 is 0 Å². The molecule has 0 aliphatic carbocycles. The number of rotatable bonds is 4. The molecule has 0 radical (unpaired) electrons. The number of hydrogen-bond acceptors (Lipinski definition) is 3. The van der Waals surface area contributed by atoms with E-state index in [1.54, 1.807) is 18.3 Å². The number of benzene rings is 2. The van der Waals surface area contributed by atoms with Gasteiger partial charge in [0, 0.05) is 22.5 Å². The number of nitrogens with one attached hydrogen (secondary N) is 1. The summed E-state index contributed by atoms with van der Waals surface area (Å²) in [5, 5.41) is 4.58. The number of thiocarbonyl (C=S) groups is 1. The molecule has 0 unspecified atom stereocenters. The number of nitrogens with zero attached hydrogens (tertiary/aromatic N) is 2. The van der Waals surface area contributed by atoms with Crippen molar-refractivity contribution >= 4 is 34.6 Å². The number of furan rings is 1. The Balaban J connectivity index is 1.61. The predicted molar refractivity (Wildman–Crippen MR) is 128 cm³/mol. The van der Waals surface area contributed by atoms with Crippen LogP contribution in [-0.4, -0.2) is 10.1 Å². The molecule has 0 bridgehead atoms. The van der Waals surface area contributed by atoms with Crippen molar-refractivity contribution in [1.29, 1.82) is 0 Å². The maximum atomic E-state index is 13.6. The third-order valence-corrected chi connectivity index (χ3v) is 6.38. The van der Waals surface area contributed by atoms with Crippen molar-refractivity contribution < 1.29 is 8.81 Å². The molecule has 1 fully saturated rings. The number of anilines is 1. The van der Waals surface area contributed by atoms with Crippen LogP contribution >= 0.6 is 23.8 Å². The molecule has 2 atom stereocenters. The Kier molecular flexibility index (Phi) is 5.41. The van der Waals surface area contributed by atoms with Gasteiger partial charge in [0.05, 0.1) is 11.7 Å². The van der Waals surface area contributed by atoms with Gasteiger partial charge in [0.2, 0.25) is 0 Å². The summed E-state index contributed by atoms with van der Waals surface area (Å²) in [4.78, 5) is 6.48. The molecule has 5 rings (SSSR count). The first-order valence-corrected chi connectivity index (χ1v) is 10.9. The van der Waals surface area contributed by atoms with E-state index in [0.717, 1.165) is 28.3 Å². The summed E-state index contributed by atoms with van der Waals surface area (Å²) in [5.74, 6) is 1.13. The van der Waals surface area contributed by atoms with E-state index in [-0.39, 0.29) is 17.9 Å². The van der Waals surface area contributed by atoms with Crippen LogP contribution in [0.4, 0.5) is 10.1 Å². The molecule has 2 aromatic heterocycles. The summed E-state index contributed by atoms with van der Waals surface area (Å²) in [6.45, 7) is 1.97. The molecule has 4 nitrogen and oxygen atoms in total. The summed E-state index contributed by atoms with van der Waals surface area (Å²) in [7, 11) is 0. The second-order valence-corrected chi connectivity index (χ2v) is 8.38. The minimum absolute atomic E-state index is 0.242. The van der Waals surface area contributed by atoms with E-state index in [2.05, 4.69) is 10.3 Å². The molecule has 1 aliphatic rings. The molecule has 0 saturated carbocycles. The number of aromatic nitrogens is 1. The average molecular weight is 464 g/mol. The summed E-state index contributed by atoms with van der Waals surface area (Å²) < 4.78 is 20.0. The van der Waals surface area contributed by atoms with Gasteiger partial charge in [-0.25, -0.2) is 4.39 Å². The zero-order chi connectivity index (χ0) is 22.2. The third kappa shape index (κ3) is 3.66. The van der Waals surface area contributed by atoms with Crippen LogP contribution in [0.5, 0.6) is 0 Å². The standard InChI is InChI=1S/C25H19ClFN3OS/c1-15-18(5-4-6-19(15)26)21-12-13-22(31-21)24-23(20-7-2-3-14-28-20)29-25(32)30(24)17-10-8-16(27)9-11-17/h2-14,23-24H,1H3,(H,29,32)/t23-,24-/m0/s1. The van der Waals surface area contributed by atoms with Gasteiger partial charge in [-0.1, -0.05) is 29.8 Å². The Bertz CT molecular complexity index is 1280. The van der Waals surface area contributed by atoms with Gasteiger partial charge in [0.25, 0.3) is 0 Å². The van der Waals surface area contributed by atoms with Gasteiger partial charge in [-0.05, 0) is 79.3 Å².